The van der Waals surface area contributed by atoms with E-state index < -0.39 is 11.4 Å². The normalized spacial score (nSPS) is 28.4. The molecule has 0 bridgehead atoms. The van der Waals surface area contributed by atoms with Gasteiger partial charge in [-0.2, -0.15) is 0 Å². The molecule has 1 fully saturated rings. The van der Waals surface area contributed by atoms with Crippen LogP contribution < -0.4 is 5.73 Å². The molecule has 3 heteroatoms. The zero-order valence-corrected chi connectivity index (χ0v) is 11.8. The van der Waals surface area contributed by atoms with Crippen molar-refractivity contribution in [2.24, 2.45) is 17.6 Å². The number of hydrogen-bond donors (Lipinski definition) is 1. The Morgan fingerprint density at radius 3 is 2.63 bits per heavy atom. The Hall–Kier alpha value is -0.960. The first-order valence-electron chi connectivity index (χ1n) is 7.17. The van der Waals surface area contributed by atoms with Gasteiger partial charge in [0.2, 0.25) is 0 Å². The molecule has 19 heavy (non-hydrogen) atoms. The van der Waals surface area contributed by atoms with Crippen LogP contribution in [0.1, 0.15) is 51.5 Å². The van der Waals surface area contributed by atoms with E-state index in [9.17, 15) is 8.78 Å². The van der Waals surface area contributed by atoms with Crippen LogP contribution in [0.2, 0.25) is 0 Å². The van der Waals surface area contributed by atoms with E-state index in [0.29, 0.717) is 17.4 Å². The van der Waals surface area contributed by atoms with Gasteiger partial charge in [0.05, 0.1) is 0 Å². The van der Waals surface area contributed by atoms with Crippen LogP contribution in [0.5, 0.6) is 0 Å². The average Bonchev–Trinajstić information content (AvgIpc) is 2.55. The monoisotopic (exact) mass is 267 g/mol. The molecule has 2 rings (SSSR count). The van der Waals surface area contributed by atoms with Gasteiger partial charge in [-0.1, -0.05) is 26.7 Å². The van der Waals surface area contributed by atoms with Crippen molar-refractivity contribution in [3.05, 3.63) is 35.4 Å². The topological polar surface area (TPSA) is 26.0 Å². The zero-order valence-electron chi connectivity index (χ0n) is 11.8. The summed E-state index contributed by atoms with van der Waals surface area (Å²) in [5.74, 6) is 0.472. The number of rotatable bonds is 2. The van der Waals surface area contributed by atoms with E-state index in [-0.39, 0.29) is 5.82 Å². The summed E-state index contributed by atoms with van der Waals surface area (Å²) in [6, 6.07) is 3.60. The van der Waals surface area contributed by atoms with E-state index in [4.69, 9.17) is 5.73 Å². The second-order valence-corrected chi connectivity index (χ2v) is 6.22. The van der Waals surface area contributed by atoms with Crippen molar-refractivity contribution in [3.63, 3.8) is 0 Å². The van der Waals surface area contributed by atoms with Crippen LogP contribution in [-0.4, -0.2) is 0 Å². The highest BCUT2D eigenvalue weighted by molar-refractivity contribution is 5.27. The first kappa shape index (κ1) is 14.4. The minimum absolute atomic E-state index is 0.344. The van der Waals surface area contributed by atoms with Crippen LogP contribution in [0.4, 0.5) is 8.78 Å². The number of hydrogen-bond acceptors (Lipinski definition) is 1. The lowest BCUT2D eigenvalue weighted by Crippen LogP contribution is -2.37. The Balaban J connectivity index is 2.25. The Bertz CT molecular complexity index is 444. The fourth-order valence-corrected chi connectivity index (χ4v) is 3.21. The maximum Gasteiger partial charge on any atom is 0.128 e. The van der Waals surface area contributed by atoms with Crippen LogP contribution in [0, 0.1) is 23.5 Å². The molecule has 0 radical (unpaired) electrons. The standard InChI is InChI=1S/C16H23F2N/c1-11(2)12-4-3-8-16(19,9-7-12)14-10-13(17)5-6-15(14)18/h5-6,10-12H,3-4,7-9,19H2,1-2H3. The van der Waals surface area contributed by atoms with E-state index in [1.807, 2.05) is 0 Å². The van der Waals surface area contributed by atoms with E-state index in [2.05, 4.69) is 13.8 Å². The largest absolute Gasteiger partial charge is 0.321 e. The second kappa shape index (κ2) is 5.58. The molecule has 0 amide bonds. The molecule has 2 atom stereocenters. The third-order valence-electron chi connectivity index (χ3n) is 4.57. The van der Waals surface area contributed by atoms with Gasteiger partial charge in [-0.05, 0) is 49.3 Å². The smallest absolute Gasteiger partial charge is 0.128 e. The van der Waals surface area contributed by atoms with Gasteiger partial charge in [-0.25, -0.2) is 8.78 Å². The molecular formula is C16H23F2N. The Morgan fingerprint density at radius 1 is 1.21 bits per heavy atom. The number of benzene rings is 1. The summed E-state index contributed by atoms with van der Waals surface area (Å²) in [4.78, 5) is 0. The van der Waals surface area contributed by atoms with Gasteiger partial charge in [-0.15, -0.1) is 0 Å². The van der Waals surface area contributed by atoms with Gasteiger partial charge in [0, 0.05) is 11.1 Å². The van der Waals surface area contributed by atoms with Gasteiger partial charge in [0.25, 0.3) is 0 Å². The van der Waals surface area contributed by atoms with Crippen LogP contribution >= 0.6 is 0 Å². The van der Waals surface area contributed by atoms with E-state index >= 15 is 0 Å². The SMILES string of the molecule is CC(C)C1CCCC(N)(c2cc(F)ccc2F)CC1. The summed E-state index contributed by atoms with van der Waals surface area (Å²) >= 11 is 0. The highest BCUT2D eigenvalue weighted by atomic mass is 19.1. The van der Waals surface area contributed by atoms with Gasteiger partial charge in [0.15, 0.2) is 0 Å². The predicted octanol–water partition coefficient (Wildman–Crippen LogP) is 4.36. The summed E-state index contributed by atoms with van der Waals surface area (Å²) in [5, 5.41) is 0. The van der Waals surface area contributed by atoms with Crippen molar-refractivity contribution >= 4 is 0 Å². The van der Waals surface area contributed by atoms with Crippen molar-refractivity contribution in [1.82, 2.24) is 0 Å². The lowest BCUT2D eigenvalue weighted by atomic mass is 9.82. The fraction of sp³-hybridized carbons (Fsp3) is 0.625. The minimum Gasteiger partial charge on any atom is -0.321 e. The van der Waals surface area contributed by atoms with E-state index in [0.717, 1.165) is 38.2 Å². The van der Waals surface area contributed by atoms with Crippen molar-refractivity contribution in [2.45, 2.75) is 51.5 Å². The third-order valence-corrected chi connectivity index (χ3v) is 4.57. The van der Waals surface area contributed by atoms with Gasteiger partial charge < -0.3 is 5.73 Å². The third kappa shape index (κ3) is 3.14. The molecule has 106 valence electrons. The molecule has 0 saturated heterocycles. The molecule has 1 aliphatic rings. The average molecular weight is 267 g/mol. The van der Waals surface area contributed by atoms with E-state index in [1.165, 1.54) is 12.1 Å². The molecule has 2 N–H and O–H groups in total. The summed E-state index contributed by atoms with van der Waals surface area (Å²) in [7, 11) is 0. The van der Waals surface area contributed by atoms with Crippen molar-refractivity contribution < 1.29 is 8.78 Å². The Labute approximate surface area is 114 Å². The van der Waals surface area contributed by atoms with Gasteiger partial charge >= 0.3 is 0 Å². The summed E-state index contributed by atoms with van der Waals surface area (Å²) < 4.78 is 27.3. The second-order valence-electron chi connectivity index (χ2n) is 6.22. The highest BCUT2D eigenvalue weighted by Gasteiger charge is 2.34. The van der Waals surface area contributed by atoms with Crippen LogP contribution in [0.3, 0.4) is 0 Å². The van der Waals surface area contributed by atoms with Crippen molar-refractivity contribution in [2.75, 3.05) is 0 Å². The lowest BCUT2D eigenvalue weighted by molar-refractivity contribution is 0.321. The van der Waals surface area contributed by atoms with Crippen LogP contribution in [0.15, 0.2) is 18.2 Å². The minimum atomic E-state index is -0.712. The van der Waals surface area contributed by atoms with Crippen LogP contribution in [0.25, 0.3) is 0 Å². The van der Waals surface area contributed by atoms with Crippen molar-refractivity contribution in [3.8, 4) is 0 Å². The quantitative estimate of drug-likeness (QED) is 0.792. The van der Waals surface area contributed by atoms with Crippen molar-refractivity contribution in [1.29, 1.82) is 0 Å². The molecule has 2 unspecified atom stereocenters. The molecule has 1 nitrogen and oxygen atoms in total. The molecule has 1 aromatic carbocycles. The molecule has 1 saturated carbocycles. The summed E-state index contributed by atoms with van der Waals surface area (Å²) in [6.45, 7) is 4.44. The van der Waals surface area contributed by atoms with Crippen LogP contribution in [-0.2, 0) is 5.54 Å². The molecule has 0 spiro atoms. The predicted molar refractivity (Wildman–Crippen MR) is 73.6 cm³/mol. The maximum absolute atomic E-state index is 13.9. The van der Waals surface area contributed by atoms with E-state index in [1.54, 1.807) is 0 Å². The lowest BCUT2D eigenvalue weighted by Gasteiger charge is -2.29. The van der Waals surface area contributed by atoms with Gasteiger partial charge in [0.1, 0.15) is 11.6 Å². The fourth-order valence-electron chi connectivity index (χ4n) is 3.21. The Morgan fingerprint density at radius 2 is 1.95 bits per heavy atom. The first-order valence-corrected chi connectivity index (χ1v) is 7.17. The molecule has 1 aliphatic carbocycles. The van der Waals surface area contributed by atoms with Gasteiger partial charge in [-0.3, -0.25) is 0 Å². The molecule has 1 aromatic rings. The number of nitrogens with two attached hydrogens (primary N) is 1. The molecule has 0 aromatic heterocycles. The zero-order chi connectivity index (χ0) is 14.0. The molecule has 0 aliphatic heterocycles. The molecular weight excluding hydrogens is 244 g/mol. The summed E-state index contributed by atoms with van der Waals surface area (Å²) in [5.41, 5.74) is 6.04. The molecule has 0 heterocycles. The first-order chi connectivity index (χ1) is 8.92. The number of halogens is 2. The summed E-state index contributed by atoms with van der Waals surface area (Å²) in [6.07, 6.45) is 4.57. The maximum atomic E-state index is 13.9. The highest BCUT2D eigenvalue weighted by Crippen LogP contribution is 2.39. The Kier molecular flexibility index (Phi) is 4.24.